The predicted molar refractivity (Wildman–Crippen MR) is 179 cm³/mol. The van der Waals surface area contributed by atoms with Crippen molar-refractivity contribution in [2.45, 2.75) is 64.2 Å². The maximum absolute atomic E-state index is 13.5. The molecule has 51 heavy (non-hydrogen) atoms. The fourth-order valence-electron chi connectivity index (χ4n) is 5.68. The number of nitrogens with zero attached hydrogens (tertiary/aromatic N) is 4. The SMILES string of the molecule is COC(=O)C(=C(C)C)N1C(=O)[C@H]([C@@H](C)OC(=O)OCc2ccc([N+](=O)[O-])cc2)[C@H]1CC(=O)S[C@H]1CCN(C(=O)OCc2ccc([N+](=O)[O-])cc2)C1. The van der Waals surface area contributed by atoms with Crippen LogP contribution in [0.2, 0.25) is 0 Å². The Morgan fingerprint density at radius 1 is 0.922 bits per heavy atom. The van der Waals surface area contributed by atoms with Gasteiger partial charge >= 0.3 is 18.2 Å². The van der Waals surface area contributed by atoms with Crippen LogP contribution in [0.4, 0.5) is 21.0 Å². The topological polar surface area (TPSA) is 215 Å². The van der Waals surface area contributed by atoms with Gasteiger partial charge < -0.3 is 28.7 Å². The molecule has 272 valence electrons. The highest BCUT2D eigenvalue weighted by Crippen LogP contribution is 2.39. The molecule has 4 atom stereocenters. The number of β-lactam (4-membered cyclic amide) rings is 1. The molecule has 17 nitrogen and oxygen atoms in total. The van der Waals surface area contributed by atoms with Gasteiger partial charge in [-0.2, -0.15) is 0 Å². The number of carbonyl (C=O) groups excluding carboxylic acids is 5. The lowest BCUT2D eigenvalue weighted by atomic mass is 9.80. The minimum atomic E-state index is -1.10. The van der Waals surface area contributed by atoms with E-state index in [1.807, 2.05) is 0 Å². The molecule has 0 aromatic heterocycles. The summed E-state index contributed by atoms with van der Waals surface area (Å²) in [5, 5.41) is 21.1. The number of hydrogen-bond acceptors (Lipinski definition) is 14. The number of esters is 1. The maximum Gasteiger partial charge on any atom is 0.508 e. The lowest BCUT2D eigenvalue weighted by Crippen LogP contribution is -2.65. The van der Waals surface area contributed by atoms with Gasteiger partial charge in [0, 0.05) is 49.0 Å². The van der Waals surface area contributed by atoms with Crippen LogP contribution in [0.3, 0.4) is 0 Å². The molecule has 0 spiro atoms. The molecule has 0 N–H and O–H groups in total. The molecule has 2 aromatic carbocycles. The third-order valence-corrected chi connectivity index (χ3v) is 9.39. The van der Waals surface area contributed by atoms with Crippen LogP contribution in [0, 0.1) is 26.1 Å². The third-order valence-electron chi connectivity index (χ3n) is 8.24. The molecule has 18 heteroatoms. The number of amides is 2. The Bertz CT molecular complexity index is 1710. The molecule has 2 amide bonds. The van der Waals surface area contributed by atoms with Gasteiger partial charge in [0.25, 0.3) is 11.4 Å². The van der Waals surface area contributed by atoms with Gasteiger partial charge in [-0.3, -0.25) is 29.8 Å². The van der Waals surface area contributed by atoms with E-state index >= 15 is 0 Å². The van der Waals surface area contributed by atoms with E-state index in [1.54, 1.807) is 13.8 Å². The molecule has 2 fully saturated rings. The highest BCUT2D eigenvalue weighted by Gasteiger charge is 2.55. The first-order valence-corrected chi connectivity index (χ1v) is 16.6. The number of non-ortho nitro benzene ring substituents is 2. The molecular weight excluding hydrogens is 692 g/mol. The second-order valence-electron chi connectivity index (χ2n) is 12.0. The first-order valence-electron chi connectivity index (χ1n) is 15.7. The summed E-state index contributed by atoms with van der Waals surface area (Å²) in [5.41, 5.74) is 1.26. The van der Waals surface area contributed by atoms with E-state index < -0.39 is 52.0 Å². The zero-order valence-electron chi connectivity index (χ0n) is 28.2. The van der Waals surface area contributed by atoms with Crippen LogP contribution in [-0.4, -0.2) is 86.5 Å². The fraction of sp³-hybridized carbons (Fsp3) is 0.424. The Balaban J connectivity index is 1.35. The average molecular weight is 729 g/mol. The van der Waals surface area contributed by atoms with Crippen LogP contribution in [0.5, 0.6) is 0 Å². The Labute approximate surface area is 296 Å². The largest absolute Gasteiger partial charge is 0.508 e. The van der Waals surface area contributed by atoms with Crippen molar-refractivity contribution in [2.75, 3.05) is 20.2 Å². The second-order valence-corrected chi connectivity index (χ2v) is 13.3. The lowest BCUT2D eigenvalue weighted by Gasteiger charge is -2.49. The maximum atomic E-state index is 13.5. The molecule has 0 bridgehead atoms. The summed E-state index contributed by atoms with van der Waals surface area (Å²) >= 11 is 1.00. The molecular formula is C33H36N4O13S. The van der Waals surface area contributed by atoms with Crippen molar-refractivity contribution < 1.29 is 52.8 Å². The Kier molecular flexibility index (Phi) is 12.7. The molecule has 4 rings (SSSR count). The van der Waals surface area contributed by atoms with Crippen molar-refractivity contribution in [1.82, 2.24) is 9.80 Å². The monoisotopic (exact) mass is 728 g/mol. The van der Waals surface area contributed by atoms with Crippen molar-refractivity contribution in [3.05, 3.63) is 91.2 Å². The number of nitro groups is 2. The average Bonchev–Trinajstić information content (AvgIpc) is 3.56. The van der Waals surface area contributed by atoms with E-state index in [0.29, 0.717) is 29.7 Å². The van der Waals surface area contributed by atoms with Gasteiger partial charge in [0.15, 0.2) is 5.12 Å². The van der Waals surface area contributed by atoms with E-state index in [-0.39, 0.29) is 53.6 Å². The summed E-state index contributed by atoms with van der Waals surface area (Å²) < 4.78 is 20.8. The zero-order valence-corrected chi connectivity index (χ0v) is 29.0. The number of likely N-dealkylation sites (tertiary alicyclic amines) is 2. The van der Waals surface area contributed by atoms with Gasteiger partial charge in [-0.25, -0.2) is 14.4 Å². The summed E-state index contributed by atoms with van der Waals surface area (Å²) in [5.74, 6) is -2.34. The van der Waals surface area contributed by atoms with Crippen molar-refractivity contribution >= 4 is 52.4 Å². The molecule has 2 aliphatic heterocycles. The summed E-state index contributed by atoms with van der Waals surface area (Å²) in [4.78, 5) is 88.0. The Morgan fingerprint density at radius 2 is 1.47 bits per heavy atom. The van der Waals surface area contributed by atoms with Crippen molar-refractivity contribution in [1.29, 1.82) is 0 Å². The molecule has 2 saturated heterocycles. The molecule has 2 aliphatic rings. The first kappa shape index (κ1) is 38.3. The number of nitro benzene ring substituents is 2. The van der Waals surface area contributed by atoms with Gasteiger partial charge in [-0.1, -0.05) is 11.8 Å². The van der Waals surface area contributed by atoms with Crippen LogP contribution in [0.25, 0.3) is 0 Å². The number of hydrogen-bond donors (Lipinski definition) is 0. The molecule has 2 aromatic rings. The third kappa shape index (κ3) is 9.59. The number of methoxy groups -OCH3 is 1. The molecule has 0 unspecified atom stereocenters. The van der Waals surface area contributed by atoms with Gasteiger partial charge in [-0.15, -0.1) is 0 Å². The normalized spacial score (nSPS) is 18.6. The van der Waals surface area contributed by atoms with Crippen LogP contribution in [-0.2, 0) is 46.5 Å². The van der Waals surface area contributed by atoms with Gasteiger partial charge in [0.05, 0.1) is 28.9 Å². The van der Waals surface area contributed by atoms with Crippen molar-refractivity contribution in [2.24, 2.45) is 5.92 Å². The second kappa shape index (κ2) is 16.9. The zero-order chi connectivity index (χ0) is 37.4. The van der Waals surface area contributed by atoms with E-state index in [1.165, 1.54) is 72.4 Å². The van der Waals surface area contributed by atoms with Gasteiger partial charge in [-0.05, 0) is 68.2 Å². The lowest BCUT2D eigenvalue weighted by molar-refractivity contribution is -0.385. The van der Waals surface area contributed by atoms with Crippen LogP contribution in [0.15, 0.2) is 59.8 Å². The van der Waals surface area contributed by atoms with Gasteiger partial charge in [0.2, 0.25) is 5.91 Å². The summed E-state index contributed by atoms with van der Waals surface area (Å²) in [6, 6.07) is 10.1. The number of thioether (sulfide) groups is 1. The molecule has 0 saturated carbocycles. The van der Waals surface area contributed by atoms with Crippen LogP contribution < -0.4 is 0 Å². The van der Waals surface area contributed by atoms with Gasteiger partial charge in [0.1, 0.15) is 25.0 Å². The van der Waals surface area contributed by atoms with E-state index in [2.05, 4.69) is 0 Å². The standard InChI is InChI=1S/C33H36N4O13S/c1-19(2)29(31(40)47-4)35-26(28(30(35)39)20(3)50-33(42)49-18-22-7-11-24(12-8-22)37(45)46)15-27(38)51-25-13-14-34(16-25)32(41)48-17-21-5-9-23(10-6-21)36(43)44/h5-12,20,25-26,28H,13-18H2,1-4H3/t20-,25+,26-,28-/m1/s1. The number of allylic oxidation sites excluding steroid dienone is 1. The van der Waals surface area contributed by atoms with Crippen molar-refractivity contribution in [3.8, 4) is 0 Å². The first-order chi connectivity index (χ1) is 24.2. The molecule has 0 radical (unpaired) electrons. The number of carbonyl (C=O) groups is 5. The Hall–Kier alpha value is -5.52. The minimum Gasteiger partial charge on any atom is -0.464 e. The summed E-state index contributed by atoms with van der Waals surface area (Å²) in [6.07, 6.45) is -2.49. The summed E-state index contributed by atoms with van der Waals surface area (Å²) in [6.45, 7) is 4.91. The number of benzene rings is 2. The predicted octanol–water partition coefficient (Wildman–Crippen LogP) is 4.90. The smallest absolute Gasteiger partial charge is 0.464 e. The Morgan fingerprint density at radius 3 is 1.98 bits per heavy atom. The van der Waals surface area contributed by atoms with Crippen molar-refractivity contribution in [3.63, 3.8) is 0 Å². The van der Waals surface area contributed by atoms with E-state index in [0.717, 1.165) is 11.8 Å². The highest BCUT2D eigenvalue weighted by atomic mass is 32.2. The minimum absolute atomic E-state index is 0.0303. The van der Waals surface area contributed by atoms with E-state index in [9.17, 15) is 44.2 Å². The quantitative estimate of drug-likeness (QED) is 0.0670. The fourth-order valence-corrected chi connectivity index (χ4v) is 6.79. The number of ether oxygens (including phenoxy) is 4. The highest BCUT2D eigenvalue weighted by molar-refractivity contribution is 8.14. The molecule has 0 aliphatic carbocycles. The van der Waals surface area contributed by atoms with E-state index in [4.69, 9.17) is 18.9 Å². The van der Waals surface area contributed by atoms with Crippen LogP contribution >= 0.6 is 11.8 Å². The molecule has 2 heterocycles. The summed E-state index contributed by atoms with van der Waals surface area (Å²) in [7, 11) is 1.17. The number of rotatable bonds is 13. The van der Waals surface area contributed by atoms with Crippen LogP contribution in [0.1, 0.15) is 44.7 Å².